The Labute approximate surface area is 137 Å². The Kier molecular flexibility index (Phi) is 4.51. The van der Waals surface area contributed by atoms with Crippen LogP contribution in [0.3, 0.4) is 0 Å². The average Bonchev–Trinajstić information content (AvgIpc) is 2.38. The van der Waals surface area contributed by atoms with Gasteiger partial charge in [-0.2, -0.15) is 0 Å². The molecule has 0 atom stereocenters. The third-order valence-corrected chi connectivity index (χ3v) is 5.95. The van der Waals surface area contributed by atoms with Crippen molar-refractivity contribution in [1.29, 1.82) is 0 Å². The van der Waals surface area contributed by atoms with Crippen LogP contribution < -0.4 is 10.5 Å². The number of halogens is 2. The fourth-order valence-electron chi connectivity index (χ4n) is 1.93. The second kappa shape index (κ2) is 5.87. The maximum absolute atomic E-state index is 12.6. The molecule has 3 N–H and O–H groups in total. The zero-order chi connectivity index (χ0) is 15.8. The first-order valence-corrected chi connectivity index (χ1v) is 8.71. The second-order valence-corrected chi connectivity index (χ2v) is 7.54. The topological polar surface area (TPSA) is 72.2 Å². The number of rotatable bonds is 3. The number of aryl methyl sites for hydroxylation is 1. The minimum absolute atomic E-state index is 0.105. The van der Waals surface area contributed by atoms with E-state index < -0.39 is 10.0 Å². The van der Waals surface area contributed by atoms with Crippen LogP contribution in [0.2, 0.25) is 5.02 Å². The van der Waals surface area contributed by atoms with Crippen molar-refractivity contribution in [2.24, 2.45) is 0 Å². The molecule has 0 fully saturated rings. The Morgan fingerprint density at radius 3 is 2.48 bits per heavy atom. The first kappa shape index (κ1) is 16.1. The molecule has 0 amide bonds. The van der Waals surface area contributed by atoms with Crippen molar-refractivity contribution in [2.75, 3.05) is 10.5 Å². The van der Waals surface area contributed by atoms with Gasteiger partial charge in [0.1, 0.15) is 4.90 Å². The van der Waals surface area contributed by atoms with Crippen molar-refractivity contribution < 1.29 is 8.42 Å². The number of anilines is 2. The van der Waals surface area contributed by atoms with Crippen molar-refractivity contribution in [3.05, 3.63) is 51.0 Å². The van der Waals surface area contributed by atoms with Gasteiger partial charge in [-0.25, -0.2) is 8.42 Å². The highest BCUT2D eigenvalue weighted by atomic mass is 79.9. The molecule has 0 spiro atoms. The van der Waals surface area contributed by atoms with Crippen LogP contribution in [0.5, 0.6) is 0 Å². The highest BCUT2D eigenvalue weighted by Crippen LogP contribution is 2.30. The lowest BCUT2D eigenvalue weighted by Gasteiger charge is -2.14. The lowest BCUT2D eigenvalue weighted by Crippen LogP contribution is -2.16. The number of hydrogen-bond acceptors (Lipinski definition) is 3. The van der Waals surface area contributed by atoms with Crippen LogP contribution in [0.15, 0.2) is 39.7 Å². The van der Waals surface area contributed by atoms with Crippen LogP contribution in [-0.4, -0.2) is 8.42 Å². The molecule has 0 saturated heterocycles. The van der Waals surface area contributed by atoms with E-state index in [4.69, 9.17) is 17.3 Å². The van der Waals surface area contributed by atoms with E-state index in [-0.39, 0.29) is 10.6 Å². The molecule has 0 aliphatic carbocycles. The van der Waals surface area contributed by atoms with Gasteiger partial charge in [0.25, 0.3) is 10.0 Å². The van der Waals surface area contributed by atoms with Crippen LogP contribution >= 0.6 is 27.5 Å². The van der Waals surface area contributed by atoms with Crippen LogP contribution in [0.1, 0.15) is 11.1 Å². The maximum atomic E-state index is 12.6. The van der Waals surface area contributed by atoms with Crippen LogP contribution in [0.4, 0.5) is 11.4 Å². The minimum atomic E-state index is -3.77. The Balaban J connectivity index is 2.48. The van der Waals surface area contributed by atoms with E-state index >= 15 is 0 Å². The molecule has 7 heteroatoms. The molecule has 2 rings (SSSR count). The van der Waals surface area contributed by atoms with Gasteiger partial charge in [0.15, 0.2) is 0 Å². The van der Waals surface area contributed by atoms with Crippen molar-refractivity contribution in [1.82, 2.24) is 0 Å². The molecule has 2 aromatic rings. The quantitative estimate of drug-likeness (QED) is 0.776. The van der Waals surface area contributed by atoms with Crippen molar-refractivity contribution in [3.63, 3.8) is 0 Å². The number of nitrogens with one attached hydrogen (secondary N) is 1. The summed E-state index contributed by atoms with van der Waals surface area (Å²) >= 11 is 9.15. The number of nitrogens with two attached hydrogens (primary N) is 1. The highest BCUT2D eigenvalue weighted by molar-refractivity contribution is 9.10. The minimum Gasteiger partial charge on any atom is -0.398 e. The maximum Gasteiger partial charge on any atom is 0.264 e. The van der Waals surface area contributed by atoms with Gasteiger partial charge in [-0.1, -0.05) is 17.7 Å². The van der Waals surface area contributed by atoms with Gasteiger partial charge in [-0.05, 0) is 65.2 Å². The molecule has 0 bridgehead atoms. The molecule has 0 heterocycles. The molecule has 0 aliphatic heterocycles. The van der Waals surface area contributed by atoms with Gasteiger partial charge < -0.3 is 5.73 Å². The van der Waals surface area contributed by atoms with Crippen molar-refractivity contribution >= 4 is 48.9 Å². The number of hydrogen-bond donors (Lipinski definition) is 2. The summed E-state index contributed by atoms with van der Waals surface area (Å²) in [7, 11) is -3.77. The van der Waals surface area contributed by atoms with Gasteiger partial charge in [0.05, 0.1) is 16.4 Å². The first-order chi connectivity index (χ1) is 9.72. The van der Waals surface area contributed by atoms with Gasteiger partial charge in [0, 0.05) is 4.47 Å². The molecule has 0 unspecified atom stereocenters. The summed E-state index contributed by atoms with van der Waals surface area (Å²) in [5.41, 5.74) is 7.96. The molecule has 0 aliphatic rings. The fraction of sp³-hybridized carbons (Fsp3) is 0.143. The summed E-state index contributed by atoms with van der Waals surface area (Å²) in [6, 6.07) is 8.18. The molecular formula is C14H14BrClN2O2S. The molecule has 21 heavy (non-hydrogen) atoms. The molecule has 0 aromatic heterocycles. The predicted octanol–water partition coefficient (Wildman–Crippen LogP) is 4.10. The zero-order valence-electron chi connectivity index (χ0n) is 11.4. The fourth-order valence-corrected chi connectivity index (χ4v) is 3.91. The van der Waals surface area contributed by atoms with E-state index in [0.717, 1.165) is 5.56 Å². The largest absolute Gasteiger partial charge is 0.398 e. The normalized spacial score (nSPS) is 11.4. The smallest absolute Gasteiger partial charge is 0.264 e. The van der Waals surface area contributed by atoms with Crippen molar-refractivity contribution in [2.45, 2.75) is 18.7 Å². The lowest BCUT2D eigenvalue weighted by molar-refractivity contribution is 0.601. The predicted molar refractivity (Wildman–Crippen MR) is 90.3 cm³/mol. The molecule has 0 saturated carbocycles. The number of benzene rings is 2. The average molecular weight is 390 g/mol. The van der Waals surface area contributed by atoms with E-state index in [2.05, 4.69) is 20.7 Å². The Bertz CT molecular complexity index is 807. The van der Waals surface area contributed by atoms with Gasteiger partial charge in [0.2, 0.25) is 0 Å². The van der Waals surface area contributed by atoms with E-state index in [1.54, 1.807) is 37.3 Å². The van der Waals surface area contributed by atoms with E-state index in [1.165, 1.54) is 0 Å². The second-order valence-electron chi connectivity index (χ2n) is 4.66. The first-order valence-electron chi connectivity index (χ1n) is 6.06. The lowest BCUT2D eigenvalue weighted by atomic mass is 10.1. The Morgan fingerprint density at radius 2 is 1.86 bits per heavy atom. The van der Waals surface area contributed by atoms with Crippen LogP contribution in [0.25, 0.3) is 0 Å². The molecule has 4 nitrogen and oxygen atoms in total. The number of sulfonamides is 1. The Morgan fingerprint density at radius 1 is 1.19 bits per heavy atom. The van der Waals surface area contributed by atoms with Gasteiger partial charge in [-0.3, -0.25) is 4.72 Å². The standard InChI is InChI=1S/C14H14BrClN2O2S/c1-8-3-6-13(17)14(9(8)2)21(19,20)18-10-4-5-12(16)11(15)7-10/h3-7,18H,17H2,1-2H3. The van der Waals surface area contributed by atoms with Crippen molar-refractivity contribution in [3.8, 4) is 0 Å². The molecule has 112 valence electrons. The van der Waals surface area contributed by atoms with E-state index in [9.17, 15) is 8.42 Å². The molecular weight excluding hydrogens is 376 g/mol. The summed E-state index contributed by atoms with van der Waals surface area (Å²) in [5, 5.41) is 0.504. The third kappa shape index (κ3) is 3.33. The van der Waals surface area contributed by atoms with E-state index in [1.807, 2.05) is 6.92 Å². The Hall–Kier alpha value is -1.24. The summed E-state index contributed by atoms with van der Waals surface area (Å²) in [5.74, 6) is 0. The molecule has 0 radical (unpaired) electrons. The molecule has 2 aromatic carbocycles. The summed E-state index contributed by atoms with van der Waals surface area (Å²) in [6.07, 6.45) is 0. The SMILES string of the molecule is Cc1ccc(N)c(S(=O)(=O)Nc2ccc(Cl)c(Br)c2)c1C. The number of nitrogen functional groups attached to an aromatic ring is 1. The monoisotopic (exact) mass is 388 g/mol. The van der Waals surface area contributed by atoms with Gasteiger partial charge in [-0.15, -0.1) is 0 Å². The summed E-state index contributed by atoms with van der Waals surface area (Å²) < 4.78 is 28.2. The van der Waals surface area contributed by atoms with Gasteiger partial charge >= 0.3 is 0 Å². The summed E-state index contributed by atoms with van der Waals surface area (Å²) in [4.78, 5) is 0.105. The zero-order valence-corrected chi connectivity index (χ0v) is 14.6. The van der Waals surface area contributed by atoms with E-state index in [0.29, 0.717) is 20.7 Å². The summed E-state index contributed by atoms with van der Waals surface area (Å²) in [6.45, 7) is 3.57. The third-order valence-electron chi connectivity index (χ3n) is 3.15. The van der Waals surface area contributed by atoms with Crippen LogP contribution in [0, 0.1) is 13.8 Å². The van der Waals surface area contributed by atoms with Crippen LogP contribution in [-0.2, 0) is 10.0 Å². The highest BCUT2D eigenvalue weighted by Gasteiger charge is 2.21.